The quantitative estimate of drug-likeness (QED) is 0.462. The van der Waals surface area contributed by atoms with Gasteiger partial charge >= 0.3 is 0 Å². The van der Waals surface area contributed by atoms with Crippen molar-refractivity contribution >= 4 is 34.7 Å². The zero-order chi connectivity index (χ0) is 23.9. The Bertz CT molecular complexity index is 1140. The van der Waals surface area contributed by atoms with Crippen molar-refractivity contribution in [3.05, 3.63) is 87.6 Å². The Hall–Kier alpha value is -3.49. The number of thiophene rings is 1. The zero-order valence-electron chi connectivity index (χ0n) is 18.8. The SMILES string of the molecule is NC(=O)C1CCN(Cc2cccc(NC(=O)c3ccc(CNC(=O)c4cccs4)cc3)c2)CC1. The minimum atomic E-state index is -0.208. The number of rotatable bonds is 8. The van der Waals surface area contributed by atoms with Crippen molar-refractivity contribution < 1.29 is 14.4 Å². The lowest BCUT2D eigenvalue weighted by Gasteiger charge is -2.30. The van der Waals surface area contributed by atoms with E-state index in [2.05, 4.69) is 15.5 Å². The predicted octanol–water partition coefficient (Wildman–Crippen LogP) is 3.63. The summed E-state index contributed by atoms with van der Waals surface area (Å²) >= 11 is 1.40. The minimum absolute atomic E-state index is 0.0227. The largest absolute Gasteiger partial charge is 0.369 e. The highest BCUT2D eigenvalue weighted by atomic mass is 32.1. The molecule has 0 bridgehead atoms. The van der Waals surface area contributed by atoms with E-state index >= 15 is 0 Å². The van der Waals surface area contributed by atoms with E-state index in [0.29, 0.717) is 17.0 Å². The van der Waals surface area contributed by atoms with Crippen molar-refractivity contribution in [2.45, 2.75) is 25.9 Å². The van der Waals surface area contributed by atoms with Crippen molar-refractivity contribution in [2.75, 3.05) is 18.4 Å². The van der Waals surface area contributed by atoms with Crippen molar-refractivity contribution in [3.8, 4) is 0 Å². The van der Waals surface area contributed by atoms with E-state index in [1.807, 2.05) is 47.8 Å². The predicted molar refractivity (Wildman–Crippen MR) is 134 cm³/mol. The van der Waals surface area contributed by atoms with Crippen LogP contribution in [0.4, 0.5) is 5.69 Å². The molecule has 4 rings (SSSR count). The van der Waals surface area contributed by atoms with Crippen LogP contribution >= 0.6 is 11.3 Å². The monoisotopic (exact) mass is 476 g/mol. The number of carbonyl (C=O) groups excluding carboxylic acids is 3. The third-order valence-electron chi connectivity index (χ3n) is 6.00. The fraction of sp³-hybridized carbons (Fsp3) is 0.269. The second kappa shape index (κ2) is 11.1. The first-order valence-electron chi connectivity index (χ1n) is 11.3. The first-order valence-corrected chi connectivity index (χ1v) is 12.2. The van der Waals surface area contributed by atoms with Crippen LogP contribution in [0.5, 0.6) is 0 Å². The molecule has 2 heterocycles. The summed E-state index contributed by atoms with van der Waals surface area (Å²) in [5.74, 6) is -0.520. The highest BCUT2D eigenvalue weighted by Crippen LogP contribution is 2.20. The molecule has 8 heteroatoms. The molecule has 0 aliphatic carbocycles. The second-order valence-electron chi connectivity index (χ2n) is 8.46. The van der Waals surface area contributed by atoms with E-state index in [1.54, 1.807) is 18.2 Å². The Labute approximate surface area is 203 Å². The molecule has 0 unspecified atom stereocenters. The maximum atomic E-state index is 12.7. The van der Waals surface area contributed by atoms with Gasteiger partial charge in [-0.3, -0.25) is 19.3 Å². The van der Waals surface area contributed by atoms with Gasteiger partial charge in [0.25, 0.3) is 11.8 Å². The Morgan fingerprint density at radius 2 is 1.71 bits per heavy atom. The van der Waals surface area contributed by atoms with Crippen LogP contribution in [-0.2, 0) is 17.9 Å². The Morgan fingerprint density at radius 3 is 2.38 bits per heavy atom. The van der Waals surface area contributed by atoms with E-state index in [0.717, 1.165) is 49.3 Å². The van der Waals surface area contributed by atoms with Gasteiger partial charge in [0.2, 0.25) is 5.91 Å². The fourth-order valence-electron chi connectivity index (χ4n) is 4.04. The lowest BCUT2D eigenvalue weighted by Crippen LogP contribution is -2.38. The fourth-order valence-corrected chi connectivity index (χ4v) is 4.68. The van der Waals surface area contributed by atoms with Crippen LogP contribution in [0.15, 0.2) is 66.0 Å². The second-order valence-corrected chi connectivity index (χ2v) is 9.41. The average molecular weight is 477 g/mol. The number of amides is 3. The average Bonchev–Trinajstić information content (AvgIpc) is 3.39. The number of nitrogens with zero attached hydrogens (tertiary/aromatic N) is 1. The van der Waals surface area contributed by atoms with E-state index in [1.165, 1.54) is 11.3 Å². The minimum Gasteiger partial charge on any atom is -0.369 e. The normalized spacial score (nSPS) is 14.5. The zero-order valence-corrected chi connectivity index (χ0v) is 19.6. The van der Waals surface area contributed by atoms with Crippen molar-refractivity contribution in [1.29, 1.82) is 0 Å². The van der Waals surface area contributed by atoms with Crippen LogP contribution in [0.3, 0.4) is 0 Å². The van der Waals surface area contributed by atoms with Gasteiger partial charge in [-0.05, 0) is 72.8 Å². The highest BCUT2D eigenvalue weighted by Gasteiger charge is 2.23. The standard InChI is InChI=1S/C26H28N4O3S/c27-24(31)20-10-12-30(13-11-20)17-19-3-1-4-22(15-19)29-25(32)21-8-6-18(7-9-21)16-28-26(33)23-5-2-14-34-23/h1-9,14-15,20H,10-13,16-17H2,(H2,27,31)(H,28,33)(H,29,32). The molecule has 7 nitrogen and oxygen atoms in total. The summed E-state index contributed by atoms with van der Waals surface area (Å²) in [5.41, 5.74) is 8.73. The van der Waals surface area contributed by atoms with Gasteiger partial charge in [-0.25, -0.2) is 0 Å². The first-order chi connectivity index (χ1) is 16.5. The summed E-state index contributed by atoms with van der Waals surface area (Å²) in [6.45, 7) is 2.84. The topological polar surface area (TPSA) is 105 Å². The summed E-state index contributed by atoms with van der Waals surface area (Å²) in [4.78, 5) is 39.1. The first kappa shape index (κ1) is 23.7. The molecule has 1 aliphatic rings. The summed E-state index contributed by atoms with van der Waals surface area (Å²) < 4.78 is 0. The van der Waals surface area contributed by atoms with Gasteiger partial charge in [0.05, 0.1) is 4.88 Å². The van der Waals surface area contributed by atoms with Crippen LogP contribution in [0, 0.1) is 5.92 Å². The third kappa shape index (κ3) is 6.30. The number of anilines is 1. The molecule has 0 atom stereocenters. The molecule has 1 fully saturated rings. The molecule has 0 saturated carbocycles. The van der Waals surface area contributed by atoms with Crippen LogP contribution in [0.2, 0.25) is 0 Å². The maximum Gasteiger partial charge on any atom is 0.261 e. The number of benzene rings is 2. The number of hydrogen-bond acceptors (Lipinski definition) is 5. The molecule has 3 aromatic rings. The third-order valence-corrected chi connectivity index (χ3v) is 6.86. The number of likely N-dealkylation sites (tertiary alicyclic amines) is 1. The van der Waals surface area contributed by atoms with Gasteiger partial charge in [0.1, 0.15) is 0 Å². The smallest absolute Gasteiger partial charge is 0.261 e. The summed E-state index contributed by atoms with van der Waals surface area (Å²) in [7, 11) is 0. The lowest BCUT2D eigenvalue weighted by molar-refractivity contribution is -0.123. The lowest BCUT2D eigenvalue weighted by atomic mass is 9.96. The van der Waals surface area contributed by atoms with Crippen LogP contribution < -0.4 is 16.4 Å². The number of nitrogens with two attached hydrogens (primary N) is 1. The Kier molecular flexibility index (Phi) is 7.72. The van der Waals surface area contributed by atoms with Gasteiger partial charge in [-0.15, -0.1) is 11.3 Å². The number of carbonyl (C=O) groups is 3. The molecule has 1 aromatic heterocycles. The molecule has 176 valence electrons. The van der Waals surface area contributed by atoms with Gasteiger partial charge in [-0.2, -0.15) is 0 Å². The Balaban J connectivity index is 1.28. The van der Waals surface area contributed by atoms with Crippen molar-refractivity contribution in [3.63, 3.8) is 0 Å². The number of piperidine rings is 1. The summed E-state index contributed by atoms with van der Waals surface area (Å²) in [6.07, 6.45) is 1.58. The van der Waals surface area contributed by atoms with E-state index in [9.17, 15) is 14.4 Å². The molecule has 2 aromatic carbocycles. The molecule has 0 radical (unpaired) electrons. The van der Waals surface area contributed by atoms with Gasteiger partial charge in [-0.1, -0.05) is 30.3 Å². The molecular weight excluding hydrogens is 448 g/mol. The molecular formula is C26H28N4O3S. The highest BCUT2D eigenvalue weighted by molar-refractivity contribution is 7.12. The molecule has 1 aliphatic heterocycles. The van der Waals surface area contributed by atoms with Crippen LogP contribution in [-0.4, -0.2) is 35.7 Å². The van der Waals surface area contributed by atoms with E-state index in [4.69, 9.17) is 5.73 Å². The molecule has 34 heavy (non-hydrogen) atoms. The number of nitrogens with one attached hydrogen (secondary N) is 2. The summed E-state index contributed by atoms with van der Waals surface area (Å²) in [5, 5.41) is 7.71. The molecule has 1 saturated heterocycles. The molecule has 3 amide bonds. The Morgan fingerprint density at radius 1 is 0.941 bits per heavy atom. The van der Waals surface area contributed by atoms with Gasteiger partial charge < -0.3 is 16.4 Å². The maximum absolute atomic E-state index is 12.7. The van der Waals surface area contributed by atoms with E-state index < -0.39 is 0 Å². The van der Waals surface area contributed by atoms with Crippen molar-refractivity contribution in [2.24, 2.45) is 11.7 Å². The van der Waals surface area contributed by atoms with Crippen LogP contribution in [0.25, 0.3) is 0 Å². The molecule has 4 N–H and O–H groups in total. The molecule has 0 spiro atoms. The summed E-state index contributed by atoms with van der Waals surface area (Å²) in [6, 6.07) is 18.7. The van der Waals surface area contributed by atoms with Gasteiger partial charge in [0, 0.05) is 30.3 Å². The van der Waals surface area contributed by atoms with E-state index in [-0.39, 0.29) is 23.6 Å². The number of primary amides is 1. The van der Waals surface area contributed by atoms with Crippen molar-refractivity contribution in [1.82, 2.24) is 10.2 Å². The van der Waals surface area contributed by atoms with Gasteiger partial charge in [0.15, 0.2) is 0 Å². The van der Waals surface area contributed by atoms with Crippen LogP contribution in [0.1, 0.15) is 44.0 Å². The number of hydrogen-bond donors (Lipinski definition) is 3.